The van der Waals surface area contributed by atoms with E-state index in [2.05, 4.69) is 12.3 Å². The molecule has 0 aliphatic rings. The van der Waals surface area contributed by atoms with Crippen LogP contribution < -0.4 is 4.74 Å². The van der Waals surface area contributed by atoms with Crippen LogP contribution in [0.2, 0.25) is 0 Å². The maximum Gasteiger partial charge on any atom is 0.514 e. The SMILES string of the molecule is C=CC=C=Cc1ccc(OC(=O)OC(C)(C)C)cc1. The first-order valence-electron chi connectivity index (χ1n) is 5.95. The van der Waals surface area contributed by atoms with E-state index in [1.54, 1.807) is 51.1 Å². The summed E-state index contributed by atoms with van der Waals surface area (Å²) in [6.45, 7) is 8.92. The third-order valence-corrected chi connectivity index (χ3v) is 1.93. The number of allylic oxidation sites excluding steroid dienone is 2. The highest BCUT2D eigenvalue weighted by atomic mass is 16.7. The fourth-order valence-corrected chi connectivity index (χ4v) is 1.21. The molecule has 0 saturated carbocycles. The van der Waals surface area contributed by atoms with E-state index in [9.17, 15) is 4.79 Å². The molecule has 0 saturated heterocycles. The van der Waals surface area contributed by atoms with E-state index in [4.69, 9.17) is 9.47 Å². The average Bonchev–Trinajstić information content (AvgIpc) is 2.29. The fraction of sp³-hybridized carbons (Fsp3) is 0.250. The molecular weight excluding hydrogens is 240 g/mol. The molecule has 3 nitrogen and oxygen atoms in total. The van der Waals surface area contributed by atoms with Gasteiger partial charge in [-0.1, -0.05) is 24.8 Å². The van der Waals surface area contributed by atoms with E-state index in [0.717, 1.165) is 5.56 Å². The zero-order valence-electron chi connectivity index (χ0n) is 11.5. The molecule has 0 atom stereocenters. The van der Waals surface area contributed by atoms with Crippen LogP contribution in [0.1, 0.15) is 26.3 Å². The predicted molar refractivity (Wildman–Crippen MR) is 76.0 cm³/mol. The molecule has 0 bridgehead atoms. The highest BCUT2D eigenvalue weighted by Gasteiger charge is 2.17. The van der Waals surface area contributed by atoms with Crippen LogP contribution in [-0.2, 0) is 4.74 Å². The third kappa shape index (κ3) is 6.29. The Balaban J connectivity index is 2.64. The van der Waals surface area contributed by atoms with Gasteiger partial charge in [-0.3, -0.25) is 0 Å². The maximum absolute atomic E-state index is 11.4. The summed E-state index contributed by atoms with van der Waals surface area (Å²) in [6, 6.07) is 7.05. The highest BCUT2D eigenvalue weighted by Crippen LogP contribution is 2.15. The number of benzene rings is 1. The first-order chi connectivity index (χ1) is 8.90. The lowest BCUT2D eigenvalue weighted by atomic mass is 10.2. The van der Waals surface area contributed by atoms with Crippen molar-refractivity contribution in [1.29, 1.82) is 0 Å². The van der Waals surface area contributed by atoms with Gasteiger partial charge < -0.3 is 9.47 Å². The van der Waals surface area contributed by atoms with Gasteiger partial charge in [0.1, 0.15) is 11.4 Å². The van der Waals surface area contributed by atoms with Gasteiger partial charge in [0.25, 0.3) is 0 Å². The number of hydrogen-bond donors (Lipinski definition) is 0. The first kappa shape index (κ1) is 14.8. The van der Waals surface area contributed by atoms with Gasteiger partial charge in [-0.15, -0.1) is 5.73 Å². The molecule has 19 heavy (non-hydrogen) atoms. The fourth-order valence-electron chi connectivity index (χ4n) is 1.21. The van der Waals surface area contributed by atoms with Gasteiger partial charge in [0.15, 0.2) is 0 Å². The molecule has 0 N–H and O–H groups in total. The molecule has 1 aromatic rings. The Hall–Kier alpha value is -2.25. The molecule has 1 aromatic carbocycles. The summed E-state index contributed by atoms with van der Waals surface area (Å²) in [7, 11) is 0. The van der Waals surface area contributed by atoms with Crippen molar-refractivity contribution in [2.75, 3.05) is 0 Å². The Morgan fingerprint density at radius 1 is 1.26 bits per heavy atom. The molecule has 0 aromatic heterocycles. The van der Waals surface area contributed by atoms with Crippen LogP contribution in [0, 0.1) is 0 Å². The summed E-state index contributed by atoms with van der Waals surface area (Å²) in [6.07, 6.45) is 4.46. The molecule has 0 spiro atoms. The summed E-state index contributed by atoms with van der Waals surface area (Å²) in [4.78, 5) is 11.4. The van der Waals surface area contributed by atoms with Crippen molar-refractivity contribution in [2.24, 2.45) is 0 Å². The molecular formula is C16H18O3. The second kappa shape index (κ2) is 6.62. The molecule has 0 radical (unpaired) electrons. The number of carbonyl (C=O) groups is 1. The Labute approximate surface area is 113 Å². The van der Waals surface area contributed by atoms with Gasteiger partial charge in [0, 0.05) is 0 Å². The lowest BCUT2D eigenvalue weighted by Gasteiger charge is -2.18. The topological polar surface area (TPSA) is 35.5 Å². The van der Waals surface area contributed by atoms with E-state index in [1.807, 2.05) is 12.1 Å². The third-order valence-electron chi connectivity index (χ3n) is 1.93. The lowest BCUT2D eigenvalue weighted by molar-refractivity contribution is 0.0206. The molecule has 0 unspecified atom stereocenters. The Morgan fingerprint density at radius 3 is 2.42 bits per heavy atom. The summed E-state index contributed by atoms with van der Waals surface area (Å²) in [5.74, 6) is 0.444. The Bertz CT molecular complexity index is 498. The number of hydrogen-bond acceptors (Lipinski definition) is 3. The van der Waals surface area contributed by atoms with Crippen LogP contribution in [0.15, 0.2) is 48.7 Å². The summed E-state index contributed by atoms with van der Waals surface area (Å²) >= 11 is 0. The summed E-state index contributed by atoms with van der Waals surface area (Å²) < 4.78 is 10.1. The van der Waals surface area contributed by atoms with E-state index >= 15 is 0 Å². The van der Waals surface area contributed by atoms with E-state index in [0.29, 0.717) is 5.75 Å². The Kier molecular flexibility index (Phi) is 5.16. The number of rotatable bonds is 3. The molecule has 3 heteroatoms. The predicted octanol–water partition coefficient (Wildman–Crippen LogP) is 4.35. The van der Waals surface area contributed by atoms with Gasteiger partial charge in [-0.05, 0) is 50.6 Å². The van der Waals surface area contributed by atoms with Crippen molar-refractivity contribution in [1.82, 2.24) is 0 Å². The number of ether oxygens (including phenoxy) is 2. The molecule has 0 fully saturated rings. The van der Waals surface area contributed by atoms with Crippen molar-refractivity contribution in [3.63, 3.8) is 0 Å². The van der Waals surface area contributed by atoms with Gasteiger partial charge in [0.05, 0.1) is 0 Å². The van der Waals surface area contributed by atoms with Crippen LogP contribution >= 0.6 is 0 Å². The first-order valence-corrected chi connectivity index (χ1v) is 5.95. The van der Waals surface area contributed by atoms with Crippen molar-refractivity contribution in [3.8, 4) is 5.75 Å². The zero-order chi connectivity index (χ0) is 14.3. The monoisotopic (exact) mass is 258 g/mol. The second-order valence-electron chi connectivity index (χ2n) is 4.85. The number of carbonyl (C=O) groups excluding carboxylic acids is 1. The van der Waals surface area contributed by atoms with Crippen molar-refractivity contribution >= 4 is 12.2 Å². The molecule has 100 valence electrons. The average molecular weight is 258 g/mol. The summed E-state index contributed by atoms with van der Waals surface area (Å²) in [5.41, 5.74) is 3.34. The minimum Gasteiger partial charge on any atom is -0.428 e. The Morgan fingerprint density at radius 2 is 1.89 bits per heavy atom. The summed E-state index contributed by atoms with van der Waals surface area (Å²) in [5, 5.41) is 0. The minimum absolute atomic E-state index is 0.444. The van der Waals surface area contributed by atoms with Crippen LogP contribution in [0.5, 0.6) is 5.75 Å². The van der Waals surface area contributed by atoms with E-state index < -0.39 is 11.8 Å². The largest absolute Gasteiger partial charge is 0.514 e. The van der Waals surface area contributed by atoms with Crippen LogP contribution in [0.3, 0.4) is 0 Å². The van der Waals surface area contributed by atoms with E-state index in [-0.39, 0.29) is 0 Å². The van der Waals surface area contributed by atoms with Crippen molar-refractivity contribution in [2.45, 2.75) is 26.4 Å². The minimum atomic E-state index is -0.706. The normalized spacial score (nSPS) is 10.1. The standard InChI is InChI=1S/C16H18O3/c1-5-6-7-8-13-9-11-14(12-10-13)18-15(17)19-16(2,3)4/h5-6,8-12H,1H2,2-4H3. The van der Waals surface area contributed by atoms with Crippen LogP contribution in [0.25, 0.3) is 6.08 Å². The molecule has 1 rings (SSSR count). The van der Waals surface area contributed by atoms with Gasteiger partial charge >= 0.3 is 6.16 Å². The zero-order valence-corrected chi connectivity index (χ0v) is 11.5. The smallest absolute Gasteiger partial charge is 0.428 e. The van der Waals surface area contributed by atoms with Gasteiger partial charge in [-0.25, -0.2) is 4.79 Å². The quantitative estimate of drug-likeness (QED) is 0.350. The van der Waals surface area contributed by atoms with E-state index in [1.165, 1.54) is 0 Å². The van der Waals surface area contributed by atoms with Crippen LogP contribution in [-0.4, -0.2) is 11.8 Å². The van der Waals surface area contributed by atoms with Gasteiger partial charge in [0.2, 0.25) is 0 Å². The molecule has 0 aliphatic heterocycles. The molecule has 0 amide bonds. The van der Waals surface area contributed by atoms with Crippen molar-refractivity contribution in [3.05, 3.63) is 54.3 Å². The van der Waals surface area contributed by atoms with Gasteiger partial charge in [-0.2, -0.15) is 0 Å². The van der Waals surface area contributed by atoms with Crippen molar-refractivity contribution < 1.29 is 14.3 Å². The van der Waals surface area contributed by atoms with Crippen LogP contribution in [0.4, 0.5) is 4.79 Å². The second-order valence-corrected chi connectivity index (χ2v) is 4.85. The molecule has 0 aliphatic carbocycles. The molecule has 0 heterocycles. The lowest BCUT2D eigenvalue weighted by Crippen LogP contribution is -2.25. The highest BCUT2D eigenvalue weighted by molar-refractivity contribution is 5.64. The maximum atomic E-state index is 11.4.